The van der Waals surface area contributed by atoms with Crippen LogP contribution in [0.3, 0.4) is 0 Å². The first kappa shape index (κ1) is 11.9. The average Bonchev–Trinajstić information content (AvgIpc) is 2.08. The summed E-state index contributed by atoms with van der Waals surface area (Å²) < 4.78 is 10.8. The molecule has 3 heteroatoms. The zero-order valence-electron chi connectivity index (χ0n) is 8.25. The lowest BCUT2D eigenvalue weighted by atomic mass is 10.2. The minimum absolute atomic E-state index is 0.0775. The van der Waals surface area contributed by atoms with Gasteiger partial charge in [0.2, 0.25) is 0 Å². The Morgan fingerprint density at radius 2 is 2.00 bits per heavy atom. The van der Waals surface area contributed by atoms with E-state index in [-0.39, 0.29) is 6.29 Å². The molecule has 0 aliphatic carbocycles. The van der Waals surface area contributed by atoms with Gasteiger partial charge in [-0.25, -0.2) is 0 Å². The summed E-state index contributed by atoms with van der Waals surface area (Å²) in [6.45, 7) is 4.95. The van der Waals surface area contributed by atoms with Crippen LogP contribution in [0.1, 0.15) is 33.1 Å². The van der Waals surface area contributed by atoms with E-state index in [1.54, 1.807) is 0 Å². The molecule has 0 aromatic carbocycles. The number of rotatable bonds is 2. The Morgan fingerprint density at radius 1 is 1.33 bits per heavy atom. The molecule has 0 aromatic rings. The van der Waals surface area contributed by atoms with E-state index in [1.165, 1.54) is 12.8 Å². The van der Waals surface area contributed by atoms with E-state index >= 15 is 0 Å². The van der Waals surface area contributed by atoms with Crippen LogP contribution in [-0.2, 0) is 9.47 Å². The van der Waals surface area contributed by atoms with Crippen molar-refractivity contribution in [2.75, 3.05) is 13.7 Å². The monoisotopic (exact) mass is 176 g/mol. The fraction of sp³-hybridized carbons (Fsp3) is 1.00. The van der Waals surface area contributed by atoms with E-state index in [4.69, 9.17) is 14.6 Å². The van der Waals surface area contributed by atoms with Crippen LogP contribution in [0.15, 0.2) is 0 Å². The van der Waals surface area contributed by atoms with Crippen molar-refractivity contribution in [3.8, 4) is 0 Å². The standard InChI is InChI=1S/C8H16O2.CH4O/c1-7(2)10-8-5-3-4-6-9-8;1-2/h7-8H,3-6H2,1-2H3;2H,1H3. The molecule has 12 heavy (non-hydrogen) atoms. The van der Waals surface area contributed by atoms with E-state index < -0.39 is 0 Å². The number of hydrogen-bond acceptors (Lipinski definition) is 3. The van der Waals surface area contributed by atoms with Crippen LogP contribution >= 0.6 is 0 Å². The molecular formula is C9H20O3. The smallest absolute Gasteiger partial charge is 0.157 e. The largest absolute Gasteiger partial charge is 0.400 e. The molecule has 1 N–H and O–H groups in total. The third-order valence-electron chi connectivity index (χ3n) is 1.56. The molecule has 74 valence electrons. The molecule has 1 atom stereocenters. The van der Waals surface area contributed by atoms with Crippen molar-refractivity contribution in [1.29, 1.82) is 0 Å². The van der Waals surface area contributed by atoms with Gasteiger partial charge < -0.3 is 14.6 Å². The molecule has 0 spiro atoms. The normalized spacial score (nSPS) is 23.2. The second-order valence-corrected chi connectivity index (χ2v) is 2.98. The molecule has 0 saturated carbocycles. The molecule has 1 aliphatic heterocycles. The summed E-state index contributed by atoms with van der Waals surface area (Å²) in [5.74, 6) is 0. The Labute approximate surface area is 74.7 Å². The lowest BCUT2D eigenvalue weighted by Crippen LogP contribution is -2.25. The van der Waals surface area contributed by atoms with E-state index in [0.717, 1.165) is 20.1 Å². The van der Waals surface area contributed by atoms with Crippen molar-refractivity contribution in [3.63, 3.8) is 0 Å². The molecule has 0 radical (unpaired) electrons. The Balaban J connectivity index is 0.000000561. The first-order valence-corrected chi connectivity index (χ1v) is 4.51. The van der Waals surface area contributed by atoms with Crippen LogP contribution in [0.25, 0.3) is 0 Å². The van der Waals surface area contributed by atoms with Gasteiger partial charge in [-0.05, 0) is 33.1 Å². The molecule has 0 bridgehead atoms. The van der Waals surface area contributed by atoms with Crippen molar-refractivity contribution in [2.45, 2.75) is 45.5 Å². The maximum absolute atomic E-state index is 7.00. The highest BCUT2D eigenvalue weighted by atomic mass is 16.7. The second kappa shape index (κ2) is 7.53. The Morgan fingerprint density at radius 3 is 2.42 bits per heavy atom. The second-order valence-electron chi connectivity index (χ2n) is 2.98. The van der Waals surface area contributed by atoms with Crippen LogP contribution in [-0.4, -0.2) is 31.2 Å². The molecule has 1 rings (SSSR count). The third kappa shape index (κ3) is 5.52. The first-order chi connectivity index (χ1) is 5.79. The average molecular weight is 176 g/mol. The third-order valence-corrected chi connectivity index (χ3v) is 1.56. The van der Waals surface area contributed by atoms with Crippen LogP contribution in [0, 0.1) is 0 Å². The van der Waals surface area contributed by atoms with E-state index in [0.29, 0.717) is 6.10 Å². The van der Waals surface area contributed by atoms with Gasteiger partial charge in [-0.2, -0.15) is 0 Å². The zero-order chi connectivity index (χ0) is 9.40. The zero-order valence-corrected chi connectivity index (χ0v) is 8.25. The lowest BCUT2D eigenvalue weighted by molar-refractivity contribution is -0.180. The van der Waals surface area contributed by atoms with Crippen molar-refractivity contribution in [3.05, 3.63) is 0 Å². The summed E-state index contributed by atoms with van der Waals surface area (Å²) in [6.07, 6.45) is 3.88. The van der Waals surface area contributed by atoms with Crippen LogP contribution < -0.4 is 0 Å². The highest BCUT2D eigenvalue weighted by molar-refractivity contribution is 4.54. The fourth-order valence-electron chi connectivity index (χ4n) is 1.12. The SMILES string of the molecule is CC(C)OC1CCCCO1.CO. The highest BCUT2D eigenvalue weighted by Crippen LogP contribution is 2.14. The fourth-order valence-corrected chi connectivity index (χ4v) is 1.12. The van der Waals surface area contributed by atoms with Gasteiger partial charge >= 0.3 is 0 Å². The number of aliphatic hydroxyl groups is 1. The van der Waals surface area contributed by atoms with Gasteiger partial charge in [0, 0.05) is 13.7 Å². The molecule has 3 nitrogen and oxygen atoms in total. The predicted octanol–water partition coefficient (Wildman–Crippen LogP) is 1.55. The van der Waals surface area contributed by atoms with Crippen molar-refractivity contribution >= 4 is 0 Å². The molecule has 1 heterocycles. The van der Waals surface area contributed by atoms with Crippen molar-refractivity contribution < 1.29 is 14.6 Å². The summed E-state index contributed by atoms with van der Waals surface area (Å²) >= 11 is 0. The maximum atomic E-state index is 7.00. The molecule has 0 aromatic heterocycles. The predicted molar refractivity (Wildman–Crippen MR) is 48.0 cm³/mol. The quantitative estimate of drug-likeness (QED) is 0.693. The summed E-state index contributed by atoms with van der Waals surface area (Å²) in [7, 11) is 1.00. The van der Waals surface area contributed by atoms with Crippen molar-refractivity contribution in [2.24, 2.45) is 0 Å². The Bertz CT molecular complexity index is 87.8. The first-order valence-electron chi connectivity index (χ1n) is 4.51. The van der Waals surface area contributed by atoms with Gasteiger partial charge in [0.05, 0.1) is 6.10 Å². The van der Waals surface area contributed by atoms with Gasteiger partial charge in [0.15, 0.2) is 6.29 Å². The van der Waals surface area contributed by atoms with Gasteiger partial charge in [0.1, 0.15) is 0 Å². The summed E-state index contributed by atoms with van der Waals surface area (Å²) in [6, 6.07) is 0. The highest BCUT2D eigenvalue weighted by Gasteiger charge is 2.14. The Kier molecular flexibility index (Phi) is 7.45. The number of ether oxygens (including phenoxy) is 2. The van der Waals surface area contributed by atoms with Crippen LogP contribution in [0.5, 0.6) is 0 Å². The van der Waals surface area contributed by atoms with Gasteiger partial charge in [-0.15, -0.1) is 0 Å². The summed E-state index contributed by atoms with van der Waals surface area (Å²) in [5, 5.41) is 7.00. The minimum atomic E-state index is 0.0775. The maximum Gasteiger partial charge on any atom is 0.157 e. The molecular weight excluding hydrogens is 156 g/mol. The van der Waals surface area contributed by atoms with Gasteiger partial charge in [-0.3, -0.25) is 0 Å². The molecule has 1 saturated heterocycles. The molecule has 1 fully saturated rings. The van der Waals surface area contributed by atoms with E-state index in [1.807, 2.05) is 13.8 Å². The lowest BCUT2D eigenvalue weighted by Gasteiger charge is -2.24. The van der Waals surface area contributed by atoms with Crippen molar-refractivity contribution in [1.82, 2.24) is 0 Å². The summed E-state index contributed by atoms with van der Waals surface area (Å²) in [5.41, 5.74) is 0. The van der Waals surface area contributed by atoms with Gasteiger partial charge in [-0.1, -0.05) is 0 Å². The minimum Gasteiger partial charge on any atom is -0.400 e. The summed E-state index contributed by atoms with van der Waals surface area (Å²) in [4.78, 5) is 0. The molecule has 1 unspecified atom stereocenters. The van der Waals surface area contributed by atoms with Crippen LogP contribution in [0.2, 0.25) is 0 Å². The van der Waals surface area contributed by atoms with Crippen LogP contribution in [0.4, 0.5) is 0 Å². The number of hydrogen-bond donors (Lipinski definition) is 1. The van der Waals surface area contributed by atoms with E-state index in [2.05, 4.69) is 0 Å². The molecule has 1 aliphatic rings. The van der Waals surface area contributed by atoms with Gasteiger partial charge in [0.25, 0.3) is 0 Å². The Hall–Kier alpha value is -0.120. The molecule has 0 amide bonds. The number of aliphatic hydroxyl groups excluding tert-OH is 1. The van der Waals surface area contributed by atoms with E-state index in [9.17, 15) is 0 Å². The topological polar surface area (TPSA) is 38.7 Å².